The highest BCUT2D eigenvalue weighted by molar-refractivity contribution is 7.09. The lowest BCUT2D eigenvalue weighted by Crippen LogP contribution is -2.34. The van der Waals surface area contributed by atoms with Crippen LogP contribution in [0.15, 0.2) is 5.38 Å². The molecule has 1 aromatic heterocycles. The van der Waals surface area contributed by atoms with Gasteiger partial charge in [-0.1, -0.05) is 13.8 Å². The third-order valence-corrected chi connectivity index (χ3v) is 4.96. The lowest BCUT2D eigenvalue weighted by molar-refractivity contribution is 0.162. The van der Waals surface area contributed by atoms with E-state index in [0.29, 0.717) is 0 Å². The van der Waals surface area contributed by atoms with Crippen molar-refractivity contribution in [2.45, 2.75) is 58.5 Å². The van der Waals surface area contributed by atoms with E-state index >= 15 is 0 Å². The van der Waals surface area contributed by atoms with Crippen LogP contribution in [-0.2, 0) is 13.0 Å². The highest BCUT2D eigenvalue weighted by Gasteiger charge is 2.21. The van der Waals surface area contributed by atoms with Gasteiger partial charge in [0.1, 0.15) is 0 Å². The van der Waals surface area contributed by atoms with Gasteiger partial charge in [0.15, 0.2) is 0 Å². The third-order valence-electron chi connectivity index (χ3n) is 3.92. The van der Waals surface area contributed by atoms with Crippen molar-refractivity contribution >= 4 is 11.3 Å². The monoisotopic (exact) mass is 252 g/mol. The molecule has 0 aromatic carbocycles. The molecule has 0 N–H and O–H groups in total. The number of hydrogen-bond acceptors (Lipinski definition) is 3. The van der Waals surface area contributed by atoms with Crippen molar-refractivity contribution in [1.29, 1.82) is 0 Å². The Kier molecular flexibility index (Phi) is 4.57. The van der Waals surface area contributed by atoms with Crippen molar-refractivity contribution in [3.05, 3.63) is 16.1 Å². The summed E-state index contributed by atoms with van der Waals surface area (Å²) in [4.78, 5) is 7.16. The van der Waals surface area contributed by atoms with E-state index in [-0.39, 0.29) is 0 Å². The summed E-state index contributed by atoms with van der Waals surface area (Å²) in [6.07, 6.45) is 6.58. The van der Waals surface area contributed by atoms with Crippen LogP contribution in [0.4, 0.5) is 0 Å². The number of rotatable bonds is 4. The second kappa shape index (κ2) is 5.96. The zero-order chi connectivity index (χ0) is 12.3. The first-order chi connectivity index (χ1) is 8.19. The van der Waals surface area contributed by atoms with Gasteiger partial charge in [-0.3, -0.25) is 4.90 Å². The lowest BCUT2D eigenvalue weighted by Gasteiger charge is -2.33. The average Bonchev–Trinajstić information content (AvgIpc) is 2.77. The third kappa shape index (κ3) is 3.52. The van der Waals surface area contributed by atoms with Crippen LogP contribution in [0.25, 0.3) is 0 Å². The second-order valence-corrected chi connectivity index (χ2v) is 6.36. The smallest absolute Gasteiger partial charge is 0.0926 e. The molecule has 3 heteroatoms. The first-order valence-corrected chi connectivity index (χ1v) is 7.70. The quantitative estimate of drug-likeness (QED) is 0.812. The van der Waals surface area contributed by atoms with Crippen molar-refractivity contribution in [3.63, 3.8) is 0 Å². The molecule has 1 aliphatic rings. The van der Waals surface area contributed by atoms with Crippen molar-refractivity contribution < 1.29 is 0 Å². The Morgan fingerprint density at radius 2 is 2.06 bits per heavy atom. The highest BCUT2D eigenvalue weighted by Crippen LogP contribution is 2.27. The van der Waals surface area contributed by atoms with Gasteiger partial charge in [-0.2, -0.15) is 0 Å². The molecule has 0 saturated heterocycles. The minimum atomic E-state index is 0.776. The van der Waals surface area contributed by atoms with Crippen molar-refractivity contribution in [2.24, 2.45) is 5.92 Å². The zero-order valence-corrected chi connectivity index (χ0v) is 12.1. The summed E-state index contributed by atoms with van der Waals surface area (Å²) >= 11 is 1.80. The maximum absolute atomic E-state index is 4.66. The lowest BCUT2D eigenvalue weighted by atomic mass is 9.87. The second-order valence-electron chi connectivity index (χ2n) is 5.41. The summed E-state index contributed by atoms with van der Waals surface area (Å²) in [5.74, 6) is 0.936. The van der Waals surface area contributed by atoms with Gasteiger partial charge in [-0.05, 0) is 45.1 Å². The van der Waals surface area contributed by atoms with Crippen LogP contribution < -0.4 is 0 Å². The van der Waals surface area contributed by atoms with Crippen LogP contribution >= 0.6 is 11.3 Å². The molecule has 0 bridgehead atoms. The predicted molar refractivity (Wildman–Crippen MR) is 74.4 cm³/mol. The Morgan fingerprint density at radius 3 is 2.65 bits per heavy atom. The summed E-state index contributed by atoms with van der Waals surface area (Å²) in [6.45, 7) is 5.58. The Hall–Kier alpha value is -0.410. The van der Waals surface area contributed by atoms with Gasteiger partial charge < -0.3 is 0 Å². The van der Waals surface area contributed by atoms with Gasteiger partial charge >= 0.3 is 0 Å². The molecule has 0 aliphatic heterocycles. The molecule has 1 fully saturated rings. The van der Waals surface area contributed by atoms with Gasteiger partial charge in [0, 0.05) is 18.0 Å². The van der Waals surface area contributed by atoms with E-state index in [4.69, 9.17) is 0 Å². The number of hydrogen-bond donors (Lipinski definition) is 0. The van der Waals surface area contributed by atoms with Crippen LogP contribution in [-0.4, -0.2) is 23.0 Å². The highest BCUT2D eigenvalue weighted by atomic mass is 32.1. The minimum absolute atomic E-state index is 0.776. The SMILES string of the molecule is CCc1nc(CN(C)C2CCC(C)CC2)cs1. The fraction of sp³-hybridized carbons (Fsp3) is 0.786. The van der Waals surface area contributed by atoms with Gasteiger partial charge in [0.05, 0.1) is 10.7 Å². The van der Waals surface area contributed by atoms with Crippen molar-refractivity contribution in [3.8, 4) is 0 Å². The molecule has 2 nitrogen and oxygen atoms in total. The molecule has 0 radical (unpaired) electrons. The molecule has 0 amide bonds. The summed E-state index contributed by atoms with van der Waals surface area (Å²) in [5, 5.41) is 3.49. The van der Waals surface area contributed by atoms with E-state index in [9.17, 15) is 0 Å². The Labute approximate surface area is 109 Å². The fourth-order valence-electron chi connectivity index (χ4n) is 2.65. The Balaban J connectivity index is 1.85. The van der Waals surface area contributed by atoms with Gasteiger partial charge in [-0.25, -0.2) is 4.98 Å². The molecule has 0 spiro atoms. The standard InChI is InChI=1S/C14H24N2S/c1-4-14-15-12(10-17-14)9-16(3)13-7-5-11(2)6-8-13/h10-11,13H,4-9H2,1-3H3. The van der Waals surface area contributed by atoms with Gasteiger partial charge in [-0.15, -0.1) is 11.3 Å². The molecule has 2 rings (SSSR count). The molecule has 1 heterocycles. The largest absolute Gasteiger partial charge is 0.298 e. The average molecular weight is 252 g/mol. The predicted octanol–water partition coefficient (Wildman–Crippen LogP) is 3.72. The summed E-state index contributed by atoms with van der Waals surface area (Å²) in [6, 6.07) is 0.776. The maximum Gasteiger partial charge on any atom is 0.0926 e. The van der Waals surface area contributed by atoms with E-state index < -0.39 is 0 Å². The van der Waals surface area contributed by atoms with Crippen LogP contribution in [0.2, 0.25) is 0 Å². The minimum Gasteiger partial charge on any atom is -0.298 e. The van der Waals surface area contributed by atoms with Crippen LogP contribution in [0.1, 0.15) is 50.2 Å². The number of thiazole rings is 1. The molecule has 0 atom stereocenters. The van der Waals surface area contributed by atoms with Gasteiger partial charge in [0.25, 0.3) is 0 Å². The summed E-state index contributed by atoms with van der Waals surface area (Å²) in [7, 11) is 2.26. The maximum atomic E-state index is 4.66. The molecule has 17 heavy (non-hydrogen) atoms. The number of aromatic nitrogens is 1. The van der Waals surface area contributed by atoms with E-state index in [1.807, 2.05) is 0 Å². The normalized spacial score (nSPS) is 25.4. The molecule has 1 saturated carbocycles. The molecule has 96 valence electrons. The fourth-order valence-corrected chi connectivity index (χ4v) is 3.39. The first-order valence-electron chi connectivity index (χ1n) is 6.82. The molecular weight excluding hydrogens is 228 g/mol. The summed E-state index contributed by atoms with van der Waals surface area (Å²) < 4.78 is 0. The molecule has 0 unspecified atom stereocenters. The van der Waals surface area contributed by atoms with Gasteiger partial charge in [0.2, 0.25) is 0 Å². The molecule has 1 aliphatic carbocycles. The topological polar surface area (TPSA) is 16.1 Å². The van der Waals surface area contributed by atoms with Crippen LogP contribution in [0, 0.1) is 5.92 Å². The van der Waals surface area contributed by atoms with E-state index in [0.717, 1.165) is 24.9 Å². The number of nitrogens with zero attached hydrogens (tertiary/aromatic N) is 2. The Morgan fingerprint density at radius 1 is 1.35 bits per heavy atom. The summed E-state index contributed by atoms with van der Waals surface area (Å²) in [5.41, 5.74) is 1.26. The van der Waals surface area contributed by atoms with Crippen LogP contribution in [0.3, 0.4) is 0 Å². The first kappa shape index (κ1) is 13.0. The van der Waals surface area contributed by atoms with E-state index in [1.165, 1.54) is 36.4 Å². The van der Waals surface area contributed by atoms with Crippen molar-refractivity contribution in [1.82, 2.24) is 9.88 Å². The zero-order valence-electron chi connectivity index (χ0n) is 11.3. The van der Waals surface area contributed by atoms with E-state index in [2.05, 4.69) is 36.2 Å². The number of aryl methyl sites for hydroxylation is 1. The Bertz CT molecular complexity index is 340. The van der Waals surface area contributed by atoms with Crippen molar-refractivity contribution in [2.75, 3.05) is 7.05 Å². The molecular formula is C14H24N2S. The molecule has 1 aromatic rings. The van der Waals surface area contributed by atoms with E-state index in [1.54, 1.807) is 11.3 Å². The van der Waals surface area contributed by atoms with Crippen LogP contribution in [0.5, 0.6) is 0 Å².